The zero-order valence-corrected chi connectivity index (χ0v) is 20.7. The normalized spacial score (nSPS) is 14.5. The zero-order valence-electron chi connectivity index (χ0n) is 19.9. The maximum Gasteiger partial charge on any atom is 0.417 e. The third kappa shape index (κ3) is 5.10. The Balaban J connectivity index is 1.62. The number of carbonyl (C=O) groups excluding carboxylic acids is 1. The van der Waals surface area contributed by atoms with Gasteiger partial charge in [0.2, 0.25) is 0 Å². The number of fused-ring (bicyclic) bond motifs is 1. The van der Waals surface area contributed by atoms with Gasteiger partial charge in [-0.1, -0.05) is 26.0 Å². The minimum absolute atomic E-state index is 0.0338. The summed E-state index contributed by atoms with van der Waals surface area (Å²) in [5, 5.41) is 2.93. The smallest absolute Gasteiger partial charge is 0.417 e. The molecule has 1 aliphatic rings. The van der Waals surface area contributed by atoms with E-state index in [9.17, 15) is 18.0 Å². The van der Waals surface area contributed by atoms with Gasteiger partial charge in [-0.25, -0.2) is 9.78 Å². The predicted octanol–water partition coefficient (Wildman–Crippen LogP) is 6.51. The number of aromatic nitrogens is 1. The lowest BCUT2D eigenvalue weighted by Crippen LogP contribution is -2.41. The highest BCUT2D eigenvalue weighted by Gasteiger charge is 2.40. The quantitative estimate of drug-likeness (QED) is 0.405. The molecule has 0 bridgehead atoms. The van der Waals surface area contributed by atoms with Crippen LogP contribution in [0.5, 0.6) is 5.75 Å². The molecule has 9 heteroatoms. The molecule has 0 saturated carbocycles. The van der Waals surface area contributed by atoms with Gasteiger partial charge in [-0.05, 0) is 54.3 Å². The molecule has 0 spiro atoms. The van der Waals surface area contributed by atoms with E-state index in [2.05, 4.69) is 10.3 Å². The Bertz CT molecular complexity index is 1240. The number of hydrogen-bond acceptors (Lipinski definition) is 4. The zero-order chi connectivity index (χ0) is 25.4. The van der Waals surface area contributed by atoms with Crippen LogP contribution >= 0.6 is 11.8 Å². The van der Waals surface area contributed by atoms with Crippen LogP contribution in [0.15, 0.2) is 59.5 Å². The standard InChI is InChI=1S/C26H26F3N3O2S/c1-25(2)15-32(24(33)30-14-16-5-8-18(35-4)9-6-16)22-12-11-21(31-23(22)25)19-10-7-17(34-3)13-20(19)26(27,28)29/h5-13H,14-15H2,1-4H3,(H,30,33). The lowest BCUT2D eigenvalue weighted by Gasteiger charge is -2.20. The van der Waals surface area contributed by atoms with Crippen molar-refractivity contribution in [2.45, 2.75) is 36.9 Å². The summed E-state index contributed by atoms with van der Waals surface area (Å²) in [6, 6.07) is 14.7. The Labute approximate surface area is 206 Å². The molecule has 0 atom stereocenters. The molecule has 2 heterocycles. The van der Waals surface area contributed by atoms with Crippen molar-refractivity contribution in [1.29, 1.82) is 0 Å². The van der Waals surface area contributed by atoms with E-state index in [1.165, 1.54) is 25.3 Å². The van der Waals surface area contributed by atoms with E-state index in [4.69, 9.17) is 4.74 Å². The van der Waals surface area contributed by atoms with Crippen LogP contribution in [0.1, 0.15) is 30.7 Å². The second-order valence-electron chi connectivity index (χ2n) is 8.95. The Hall–Kier alpha value is -3.20. The summed E-state index contributed by atoms with van der Waals surface area (Å²) in [5.41, 5.74) is 0.962. The highest BCUT2D eigenvalue weighted by atomic mass is 32.2. The van der Waals surface area contributed by atoms with Crippen LogP contribution in [-0.4, -0.2) is 30.9 Å². The highest BCUT2D eigenvalue weighted by molar-refractivity contribution is 7.98. The molecule has 0 saturated heterocycles. The van der Waals surface area contributed by atoms with Crippen LogP contribution in [-0.2, 0) is 18.1 Å². The number of halogens is 3. The van der Waals surface area contributed by atoms with Crippen molar-refractivity contribution >= 4 is 23.5 Å². The molecule has 0 unspecified atom stereocenters. The maximum absolute atomic E-state index is 13.8. The molecule has 2 aromatic carbocycles. The van der Waals surface area contributed by atoms with Crippen LogP contribution in [0.2, 0.25) is 0 Å². The number of thioether (sulfide) groups is 1. The van der Waals surface area contributed by atoms with Gasteiger partial charge in [0.1, 0.15) is 5.75 Å². The number of methoxy groups -OCH3 is 1. The van der Waals surface area contributed by atoms with Gasteiger partial charge in [0.05, 0.1) is 29.7 Å². The molecule has 1 N–H and O–H groups in total. The first-order chi connectivity index (χ1) is 16.5. The Morgan fingerprint density at radius 2 is 1.86 bits per heavy atom. The Morgan fingerprint density at radius 3 is 2.49 bits per heavy atom. The van der Waals surface area contributed by atoms with Crippen LogP contribution in [0.25, 0.3) is 11.3 Å². The number of nitrogens with zero attached hydrogens (tertiary/aromatic N) is 2. The molecule has 35 heavy (non-hydrogen) atoms. The van der Waals surface area contributed by atoms with Crippen LogP contribution < -0.4 is 15.0 Å². The molecule has 184 valence electrons. The molecule has 4 rings (SSSR count). The van der Waals surface area contributed by atoms with Gasteiger partial charge in [-0.3, -0.25) is 4.90 Å². The number of urea groups is 1. The third-order valence-corrected chi connectivity index (χ3v) is 6.76. The summed E-state index contributed by atoms with van der Waals surface area (Å²) in [7, 11) is 1.32. The van der Waals surface area contributed by atoms with Crippen molar-refractivity contribution in [3.05, 3.63) is 71.4 Å². The number of ether oxygens (including phenoxy) is 1. The van der Waals surface area contributed by atoms with Crippen molar-refractivity contribution in [3.63, 3.8) is 0 Å². The molecule has 5 nitrogen and oxygen atoms in total. The van der Waals surface area contributed by atoms with Gasteiger partial charge in [-0.15, -0.1) is 11.8 Å². The van der Waals surface area contributed by atoms with Gasteiger partial charge in [0.25, 0.3) is 0 Å². The summed E-state index contributed by atoms with van der Waals surface area (Å²) in [6.07, 6.45) is -2.57. The molecule has 2 amide bonds. The monoisotopic (exact) mass is 501 g/mol. The minimum atomic E-state index is -4.57. The van der Waals surface area contributed by atoms with E-state index in [0.29, 0.717) is 24.5 Å². The first-order valence-corrected chi connectivity index (χ1v) is 12.2. The SMILES string of the molecule is COc1ccc(-c2ccc3c(n2)C(C)(C)CN3C(=O)NCc2ccc(SC)cc2)c(C(F)(F)F)c1. The molecule has 1 aromatic heterocycles. The molecule has 1 aliphatic heterocycles. The number of hydrogen-bond donors (Lipinski definition) is 1. The van der Waals surface area contributed by atoms with Crippen LogP contribution in [0.3, 0.4) is 0 Å². The summed E-state index contributed by atoms with van der Waals surface area (Å²) in [4.78, 5) is 20.4. The van der Waals surface area contributed by atoms with Crippen molar-refractivity contribution in [2.24, 2.45) is 0 Å². The first kappa shape index (κ1) is 24.9. The average molecular weight is 502 g/mol. The number of anilines is 1. The van der Waals surface area contributed by atoms with Gasteiger partial charge < -0.3 is 10.1 Å². The van der Waals surface area contributed by atoms with E-state index < -0.39 is 17.2 Å². The molecule has 0 fully saturated rings. The third-order valence-electron chi connectivity index (χ3n) is 6.02. The van der Waals surface area contributed by atoms with Crippen LogP contribution in [0.4, 0.5) is 23.7 Å². The summed E-state index contributed by atoms with van der Waals surface area (Å²) in [6.45, 7) is 4.59. The van der Waals surface area contributed by atoms with E-state index in [0.717, 1.165) is 16.5 Å². The predicted molar refractivity (Wildman–Crippen MR) is 132 cm³/mol. The first-order valence-electron chi connectivity index (χ1n) is 11.0. The van der Waals surface area contributed by atoms with Crippen LogP contribution in [0, 0.1) is 0 Å². The van der Waals surface area contributed by atoms with Crippen molar-refractivity contribution in [2.75, 3.05) is 24.8 Å². The van der Waals surface area contributed by atoms with Gasteiger partial charge in [0, 0.05) is 29.0 Å². The van der Waals surface area contributed by atoms with E-state index >= 15 is 0 Å². The number of alkyl halides is 3. The highest BCUT2D eigenvalue weighted by Crippen LogP contribution is 2.43. The number of pyridine rings is 1. The number of rotatable bonds is 5. The molecule has 0 aliphatic carbocycles. The number of amides is 2. The maximum atomic E-state index is 13.8. The fourth-order valence-electron chi connectivity index (χ4n) is 4.18. The van der Waals surface area contributed by atoms with E-state index in [1.807, 2.05) is 44.4 Å². The fraction of sp³-hybridized carbons (Fsp3) is 0.308. The van der Waals surface area contributed by atoms with Crippen molar-refractivity contribution in [1.82, 2.24) is 10.3 Å². The number of nitrogens with one attached hydrogen (secondary N) is 1. The van der Waals surface area contributed by atoms with E-state index in [-0.39, 0.29) is 23.0 Å². The summed E-state index contributed by atoms with van der Waals surface area (Å²) in [5.74, 6) is 0.119. The Kier molecular flexibility index (Phi) is 6.73. The lowest BCUT2D eigenvalue weighted by molar-refractivity contribution is -0.137. The van der Waals surface area contributed by atoms with Gasteiger partial charge >= 0.3 is 12.2 Å². The Morgan fingerprint density at radius 1 is 1.14 bits per heavy atom. The molecular formula is C26H26F3N3O2S. The topological polar surface area (TPSA) is 54.5 Å². The molecule has 3 aromatic rings. The largest absolute Gasteiger partial charge is 0.497 e. The van der Waals surface area contributed by atoms with Gasteiger partial charge in [-0.2, -0.15) is 13.2 Å². The second-order valence-corrected chi connectivity index (χ2v) is 9.83. The van der Waals surface area contributed by atoms with Crippen molar-refractivity contribution in [3.8, 4) is 17.0 Å². The lowest BCUT2D eigenvalue weighted by atomic mass is 9.90. The minimum Gasteiger partial charge on any atom is -0.497 e. The average Bonchev–Trinajstić information content (AvgIpc) is 3.12. The summed E-state index contributed by atoms with van der Waals surface area (Å²) < 4.78 is 46.3. The number of benzene rings is 2. The molecular weight excluding hydrogens is 475 g/mol. The van der Waals surface area contributed by atoms with Gasteiger partial charge in [0.15, 0.2) is 0 Å². The number of carbonyl (C=O) groups is 1. The second kappa shape index (κ2) is 9.45. The van der Waals surface area contributed by atoms with Crippen molar-refractivity contribution < 1.29 is 22.7 Å². The summed E-state index contributed by atoms with van der Waals surface area (Å²) >= 11 is 1.65. The molecule has 0 radical (unpaired) electrons. The van der Waals surface area contributed by atoms with E-state index in [1.54, 1.807) is 22.7 Å². The fourth-order valence-corrected chi connectivity index (χ4v) is 4.59.